The van der Waals surface area contributed by atoms with Crippen LogP contribution in [-0.4, -0.2) is 47.4 Å². The predicted molar refractivity (Wildman–Crippen MR) is 329 cm³/mol. The number of hydrogen-bond acceptors (Lipinski definition) is 5. The van der Waals surface area contributed by atoms with Gasteiger partial charge in [0.15, 0.2) is 0 Å². The molecule has 0 fully saturated rings. The molecule has 0 saturated heterocycles. The second-order valence-corrected chi connectivity index (χ2v) is 23.5. The third-order valence-electron chi connectivity index (χ3n) is 16.0. The van der Waals surface area contributed by atoms with Crippen molar-refractivity contribution in [1.82, 2.24) is 5.32 Å². The quantitative estimate of drug-likeness (QED) is 0.0320. The maximum Gasteiger partial charge on any atom is 0.305 e. The van der Waals surface area contributed by atoms with E-state index in [4.69, 9.17) is 4.74 Å². The SMILES string of the molecule is CCCCCC/C=C\CCCCCCCC(=O)OCCCCCCCCCCCCCCCCCCCCCCC(=O)NC(CO)C(O)/C=C/CCCCCCCCCCCCCCCCCCCCCCCCC. The van der Waals surface area contributed by atoms with Crippen LogP contribution in [0.1, 0.15) is 380 Å². The summed E-state index contributed by atoms with van der Waals surface area (Å²) in [6.07, 6.45) is 81.0. The van der Waals surface area contributed by atoms with Gasteiger partial charge < -0.3 is 20.3 Å². The average molecular weight is 1060 g/mol. The van der Waals surface area contributed by atoms with Crippen molar-refractivity contribution in [1.29, 1.82) is 0 Å². The number of carbonyl (C=O) groups is 2. The molecule has 0 saturated carbocycles. The summed E-state index contributed by atoms with van der Waals surface area (Å²) in [5, 5.41) is 23.3. The summed E-state index contributed by atoms with van der Waals surface area (Å²) in [6, 6.07) is -0.631. The van der Waals surface area contributed by atoms with Gasteiger partial charge in [-0.05, 0) is 57.8 Å². The third-order valence-corrected chi connectivity index (χ3v) is 16.0. The van der Waals surface area contributed by atoms with Crippen LogP contribution in [0.25, 0.3) is 0 Å². The number of amides is 1. The Balaban J connectivity index is 3.42. The summed E-state index contributed by atoms with van der Waals surface area (Å²) >= 11 is 0. The molecule has 0 heterocycles. The summed E-state index contributed by atoms with van der Waals surface area (Å²) in [6.45, 7) is 4.92. The number of aliphatic hydroxyl groups excluding tert-OH is 2. The lowest BCUT2D eigenvalue weighted by Crippen LogP contribution is -2.45. The highest BCUT2D eigenvalue weighted by Crippen LogP contribution is 2.19. The van der Waals surface area contributed by atoms with Crippen LogP contribution in [0.2, 0.25) is 0 Å². The Morgan fingerprint density at radius 3 is 0.960 bits per heavy atom. The van der Waals surface area contributed by atoms with Gasteiger partial charge >= 0.3 is 5.97 Å². The fourth-order valence-electron chi connectivity index (χ4n) is 10.7. The highest BCUT2D eigenvalue weighted by molar-refractivity contribution is 5.76. The summed E-state index contributed by atoms with van der Waals surface area (Å²) in [4.78, 5) is 24.6. The van der Waals surface area contributed by atoms with Gasteiger partial charge in [-0.3, -0.25) is 9.59 Å². The van der Waals surface area contributed by atoms with Crippen molar-refractivity contribution in [3.63, 3.8) is 0 Å². The van der Waals surface area contributed by atoms with Gasteiger partial charge in [0, 0.05) is 12.8 Å². The van der Waals surface area contributed by atoms with Gasteiger partial charge in [-0.15, -0.1) is 0 Å². The number of aliphatic hydroxyl groups is 2. The number of rotatable bonds is 64. The Hall–Kier alpha value is -1.66. The summed E-state index contributed by atoms with van der Waals surface area (Å²) in [7, 11) is 0. The smallest absolute Gasteiger partial charge is 0.305 e. The van der Waals surface area contributed by atoms with Crippen molar-refractivity contribution in [2.75, 3.05) is 13.2 Å². The maximum absolute atomic E-state index is 12.5. The van der Waals surface area contributed by atoms with E-state index in [1.165, 1.54) is 308 Å². The third kappa shape index (κ3) is 61.4. The van der Waals surface area contributed by atoms with Crippen molar-refractivity contribution in [3.8, 4) is 0 Å². The number of ether oxygens (including phenoxy) is 1. The molecule has 0 aromatic heterocycles. The molecule has 3 N–H and O–H groups in total. The van der Waals surface area contributed by atoms with E-state index in [1.807, 2.05) is 6.08 Å². The van der Waals surface area contributed by atoms with Gasteiger partial charge in [0.2, 0.25) is 5.91 Å². The number of hydrogen-bond donors (Lipinski definition) is 3. The van der Waals surface area contributed by atoms with Gasteiger partial charge in [-0.2, -0.15) is 0 Å². The zero-order valence-corrected chi connectivity index (χ0v) is 50.8. The van der Waals surface area contributed by atoms with Crippen molar-refractivity contribution in [3.05, 3.63) is 24.3 Å². The Labute approximate surface area is 469 Å². The number of esters is 1. The molecule has 0 spiro atoms. The highest BCUT2D eigenvalue weighted by Gasteiger charge is 2.18. The molecule has 0 aromatic rings. The summed E-state index contributed by atoms with van der Waals surface area (Å²) in [5.74, 6) is -0.0642. The van der Waals surface area contributed by atoms with E-state index in [0.29, 0.717) is 19.4 Å². The highest BCUT2D eigenvalue weighted by atomic mass is 16.5. The lowest BCUT2D eigenvalue weighted by molar-refractivity contribution is -0.143. The Kier molecular flexibility index (Phi) is 63.4. The lowest BCUT2D eigenvalue weighted by atomic mass is 10.0. The van der Waals surface area contributed by atoms with Crippen LogP contribution in [0, 0.1) is 0 Å². The molecular weight excluding hydrogens is 923 g/mol. The summed E-state index contributed by atoms with van der Waals surface area (Å²) < 4.78 is 5.48. The second-order valence-electron chi connectivity index (χ2n) is 23.5. The van der Waals surface area contributed by atoms with E-state index in [0.717, 1.165) is 44.9 Å². The van der Waals surface area contributed by atoms with Crippen molar-refractivity contribution >= 4 is 11.9 Å². The van der Waals surface area contributed by atoms with Crippen LogP contribution in [0.15, 0.2) is 24.3 Å². The zero-order chi connectivity index (χ0) is 54.3. The molecule has 0 aromatic carbocycles. The standard InChI is InChI=1S/C69H133NO5/c1-3-5-7-9-11-13-15-17-18-19-20-21-22-23-24-25-28-31-34-38-41-45-49-53-57-61-67(72)66(65-71)70-68(73)62-58-54-50-46-42-39-35-32-29-26-27-30-33-36-40-44-48-52-56-60-64-75-69(74)63-59-55-51-47-43-37-16-14-12-10-8-6-4-2/h14,16,57,61,66-67,71-72H,3-13,15,17-56,58-60,62-65H2,1-2H3,(H,70,73)/b16-14-,61-57+. The monoisotopic (exact) mass is 1060 g/mol. The van der Waals surface area contributed by atoms with Crippen LogP contribution >= 0.6 is 0 Å². The first-order valence-corrected chi connectivity index (χ1v) is 34.1. The van der Waals surface area contributed by atoms with E-state index in [-0.39, 0.29) is 18.5 Å². The molecule has 0 rings (SSSR count). The first-order valence-electron chi connectivity index (χ1n) is 34.1. The average Bonchev–Trinajstić information content (AvgIpc) is 3.41. The van der Waals surface area contributed by atoms with Crippen molar-refractivity contribution < 1.29 is 24.5 Å². The van der Waals surface area contributed by atoms with Crippen LogP contribution in [-0.2, 0) is 14.3 Å². The largest absolute Gasteiger partial charge is 0.466 e. The number of nitrogens with one attached hydrogen (secondary N) is 1. The normalized spacial score (nSPS) is 12.6. The van der Waals surface area contributed by atoms with Gasteiger partial charge in [-0.25, -0.2) is 0 Å². The molecule has 2 atom stereocenters. The lowest BCUT2D eigenvalue weighted by Gasteiger charge is -2.20. The number of unbranched alkanes of at least 4 members (excludes halogenated alkanes) is 51. The molecule has 0 aliphatic carbocycles. The molecule has 0 bridgehead atoms. The van der Waals surface area contributed by atoms with Gasteiger partial charge in [0.05, 0.1) is 25.4 Å². The first kappa shape index (κ1) is 73.3. The predicted octanol–water partition coefficient (Wildman–Crippen LogP) is 21.8. The molecule has 0 aliphatic rings. The number of allylic oxidation sites excluding steroid dienone is 3. The molecular formula is C69H133NO5. The molecule has 2 unspecified atom stereocenters. The van der Waals surface area contributed by atoms with Gasteiger partial charge in [0.25, 0.3) is 0 Å². The van der Waals surface area contributed by atoms with Crippen molar-refractivity contribution in [2.24, 2.45) is 0 Å². The molecule has 75 heavy (non-hydrogen) atoms. The summed E-state index contributed by atoms with van der Waals surface area (Å²) in [5.41, 5.74) is 0. The minimum atomic E-state index is -0.847. The van der Waals surface area contributed by atoms with Crippen LogP contribution < -0.4 is 5.32 Å². The maximum atomic E-state index is 12.5. The first-order chi connectivity index (χ1) is 37.0. The van der Waals surface area contributed by atoms with Gasteiger partial charge in [-0.1, -0.05) is 334 Å². The van der Waals surface area contributed by atoms with Crippen LogP contribution in [0.3, 0.4) is 0 Å². The molecule has 6 heteroatoms. The Morgan fingerprint density at radius 2 is 0.627 bits per heavy atom. The Morgan fingerprint density at radius 1 is 0.360 bits per heavy atom. The van der Waals surface area contributed by atoms with Gasteiger partial charge in [0.1, 0.15) is 0 Å². The zero-order valence-electron chi connectivity index (χ0n) is 50.8. The Bertz CT molecular complexity index is 1170. The van der Waals surface area contributed by atoms with E-state index in [2.05, 4.69) is 31.3 Å². The molecule has 6 nitrogen and oxygen atoms in total. The van der Waals surface area contributed by atoms with Crippen LogP contribution in [0.5, 0.6) is 0 Å². The minimum Gasteiger partial charge on any atom is -0.466 e. The minimum absolute atomic E-state index is 0.00148. The topological polar surface area (TPSA) is 95.9 Å². The second kappa shape index (κ2) is 64.9. The molecule has 0 radical (unpaired) electrons. The number of carbonyl (C=O) groups excluding carboxylic acids is 2. The van der Waals surface area contributed by atoms with E-state index in [9.17, 15) is 19.8 Å². The van der Waals surface area contributed by atoms with Crippen LogP contribution in [0.4, 0.5) is 0 Å². The molecule has 1 amide bonds. The molecule has 444 valence electrons. The van der Waals surface area contributed by atoms with E-state index in [1.54, 1.807) is 6.08 Å². The molecule has 0 aliphatic heterocycles. The van der Waals surface area contributed by atoms with E-state index >= 15 is 0 Å². The fraction of sp³-hybridized carbons (Fsp3) is 0.913. The van der Waals surface area contributed by atoms with Crippen molar-refractivity contribution in [2.45, 2.75) is 392 Å². The fourth-order valence-corrected chi connectivity index (χ4v) is 10.7. The van der Waals surface area contributed by atoms with E-state index < -0.39 is 12.1 Å².